The number of rotatable bonds is 5. The van der Waals surface area contributed by atoms with E-state index in [2.05, 4.69) is 5.32 Å². The van der Waals surface area contributed by atoms with E-state index in [9.17, 15) is 4.79 Å². The van der Waals surface area contributed by atoms with E-state index in [0.29, 0.717) is 38.7 Å². The number of carbonyl (C=O) groups is 1. The Hall–Kier alpha value is -1.42. The number of amides is 1. The van der Waals surface area contributed by atoms with E-state index in [1.54, 1.807) is 36.4 Å². The summed E-state index contributed by atoms with van der Waals surface area (Å²) in [5, 5.41) is 4.04. The molecule has 0 saturated carbocycles. The normalized spacial score (nSPS) is 10.4. The SMILES string of the molecule is CCCOc1ccc(Cl)cc1C(=O)Nc1ccc(Cl)cc1Cl. The van der Waals surface area contributed by atoms with Crippen molar-refractivity contribution in [3.8, 4) is 5.75 Å². The summed E-state index contributed by atoms with van der Waals surface area (Å²) >= 11 is 17.9. The lowest BCUT2D eigenvalue weighted by molar-refractivity contribution is 0.102. The number of hydrogen-bond donors (Lipinski definition) is 1. The lowest BCUT2D eigenvalue weighted by Crippen LogP contribution is -2.14. The van der Waals surface area contributed by atoms with E-state index in [4.69, 9.17) is 39.5 Å². The van der Waals surface area contributed by atoms with Crippen molar-refractivity contribution < 1.29 is 9.53 Å². The largest absolute Gasteiger partial charge is 0.493 e. The van der Waals surface area contributed by atoms with E-state index in [-0.39, 0.29) is 5.91 Å². The number of carbonyl (C=O) groups excluding carboxylic acids is 1. The molecular weight excluding hydrogens is 345 g/mol. The monoisotopic (exact) mass is 357 g/mol. The first-order chi connectivity index (χ1) is 10.5. The molecule has 22 heavy (non-hydrogen) atoms. The molecule has 0 bridgehead atoms. The van der Waals surface area contributed by atoms with Crippen LogP contribution in [-0.4, -0.2) is 12.5 Å². The van der Waals surface area contributed by atoms with Gasteiger partial charge in [0.25, 0.3) is 5.91 Å². The van der Waals surface area contributed by atoms with Crippen LogP contribution in [0.15, 0.2) is 36.4 Å². The van der Waals surface area contributed by atoms with Gasteiger partial charge in [-0.25, -0.2) is 0 Å². The summed E-state index contributed by atoms with van der Waals surface area (Å²) in [7, 11) is 0. The second-order valence-corrected chi connectivity index (χ2v) is 5.85. The Bertz CT molecular complexity index is 689. The van der Waals surface area contributed by atoms with Crippen LogP contribution in [0.25, 0.3) is 0 Å². The molecule has 0 heterocycles. The van der Waals surface area contributed by atoms with Crippen LogP contribution in [0.5, 0.6) is 5.75 Å². The maximum Gasteiger partial charge on any atom is 0.259 e. The van der Waals surface area contributed by atoms with Gasteiger partial charge in [0.1, 0.15) is 5.75 Å². The second kappa shape index (κ2) is 7.73. The zero-order chi connectivity index (χ0) is 16.1. The van der Waals surface area contributed by atoms with E-state index < -0.39 is 0 Å². The molecule has 3 nitrogen and oxygen atoms in total. The summed E-state index contributed by atoms with van der Waals surface area (Å²) in [4.78, 5) is 12.4. The van der Waals surface area contributed by atoms with Gasteiger partial charge in [-0.05, 0) is 42.8 Å². The molecule has 0 aliphatic carbocycles. The Balaban J connectivity index is 2.26. The molecule has 0 aliphatic heterocycles. The number of hydrogen-bond acceptors (Lipinski definition) is 2. The molecule has 6 heteroatoms. The van der Waals surface area contributed by atoms with Crippen LogP contribution in [0.3, 0.4) is 0 Å². The molecule has 1 N–H and O–H groups in total. The van der Waals surface area contributed by atoms with Crippen molar-refractivity contribution in [3.63, 3.8) is 0 Å². The fourth-order valence-electron chi connectivity index (χ4n) is 1.80. The first-order valence-corrected chi connectivity index (χ1v) is 7.83. The van der Waals surface area contributed by atoms with Crippen LogP contribution in [-0.2, 0) is 0 Å². The minimum Gasteiger partial charge on any atom is -0.493 e. The Labute approximate surface area is 144 Å². The van der Waals surface area contributed by atoms with Crippen LogP contribution in [0.1, 0.15) is 23.7 Å². The highest BCUT2D eigenvalue weighted by molar-refractivity contribution is 6.37. The number of ether oxygens (including phenoxy) is 1. The summed E-state index contributed by atoms with van der Waals surface area (Å²) in [6, 6.07) is 9.76. The topological polar surface area (TPSA) is 38.3 Å². The van der Waals surface area contributed by atoms with Crippen molar-refractivity contribution in [2.45, 2.75) is 13.3 Å². The Kier molecular flexibility index (Phi) is 5.95. The third-order valence-electron chi connectivity index (χ3n) is 2.83. The Morgan fingerprint density at radius 1 is 1.09 bits per heavy atom. The standard InChI is InChI=1S/C16H14Cl3NO2/c1-2-7-22-15-6-4-10(17)8-12(15)16(21)20-14-5-3-11(18)9-13(14)19/h3-6,8-9H,2,7H2,1H3,(H,20,21). The molecular formula is C16H14Cl3NO2. The van der Waals surface area contributed by atoms with Crippen molar-refractivity contribution in [3.05, 3.63) is 57.0 Å². The van der Waals surface area contributed by atoms with Gasteiger partial charge < -0.3 is 10.1 Å². The number of anilines is 1. The molecule has 0 atom stereocenters. The van der Waals surface area contributed by atoms with Crippen molar-refractivity contribution in [2.24, 2.45) is 0 Å². The molecule has 0 aliphatic rings. The molecule has 0 radical (unpaired) electrons. The smallest absolute Gasteiger partial charge is 0.259 e. The molecule has 0 unspecified atom stereocenters. The van der Waals surface area contributed by atoms with Gasteiger partial charge in [-0.2, -0.15) is 0 Å². The van der Waals surface area contributed by atoms with Gasteiger partial charge in [0.2, 0.25) is 0 Å². The predicted octanol–water partition coefficient (Wildman–Crippen LogP) is 5.69. The van der Waals surface area contributed by atoms with Gasteiger partial charge in [-0.1, -0.05) is 41.7 Å². The molecule has 0 fully saturated rings. The molecule has 2 aromatic carbocycles. The molecule has 1 amide bonds. The predicted molar refractivity (Wildman–Crippen MR) is 91.7 cm³/mol. The van der Waals surface area contributed by atoms with Gasteiger partial charge in [0, 0.05) is 10.0 Å². The highest BCUT2D eigenvalue weighted by atomic mass is 35.5. The van der Waals surface area contributed by atoms with Crippen LogP contribution in [0.4, 0.5) is 5.69 Å². The first kappa shape index (κ1) is 16.9. The van der Waals surface area contributed by atoms with E-state index in [1.165, 1.54) is 0 Å². The van der Waals surface area contributed by atoms with E-state index in [0.717, 1.165) is 6.42 Å². The minimum absolute atomic E-state index is 0.349. The molecule has 0 aromatic heterocycles. The summed E-state index contributed by atoms with van der Waals surface area (Å²) < 4.78 is 5.58. The molecule has 2 rings (SSSR count). The van der Waals surface area contributed by atoms with Crippen LogP contribution in [0, 0.1) is 0 Å². The van der Waals surface area contributed by atoms with Gasteiger partial charge in [0.05, 0.1) is 22.9 Å². The van der Waals surface area contributed by atoms with Gasteiger partial charge >= 0.3 is 0 Å². The van der Waals surface area contributed by atoms with Crippen LogP contribution < -0.4 is 10.1 Å². The summed E-state index contributed by atoms with van der Waals surface area (Å²) in [6.45, 7) is 2.51. The first-order valence-electron chi connectivity index (χ1n) is 6.70. The maximum absolute atomic E-state index is 12.4. The van der Waals surface area contributed by atoms with Crippen molar-refractivity contribution >= 4 is 46.4 Å². The summed E-state index contributed by atoms with van der Waals surface area (Å²) in [6.07, 6.45) is 0.840. The molecule has 0 spiro atoms. The average molecular weight is 359 g/mol. The molecule has 0 saturated heterocycles. The fourth-order valence-corrected chi connectivity index (χ4v) is 2.43. The average Bonchev–Trinajstić information content (AvgIpc) is 2.48. The lowest BCUT2D eigenvalue weighted by Gasteiger charge is -2.12. The zero-order valence-corrected chi connectivity index (χ0v) is 14.1. The third kappa shape index (κ3) is 4.29. The third-order valence-corrected chi connectivity index (χ3v) is 3.61. The Morgan fingerprint density at radius 3 is 2.45 bits per heavy atom. The van der Waals surface area contributed by atoms with Gasteiger partial charge in [-0.15, -0.1) is 0 Å². The van der Waals surface area contributed by atoms with Crippen molar-refractivity contribution in [2.75, 3.05) is 11.9 Å². The van der Waals surface area contributed by atoms with Crippen molar-refractivity contribution in [1.82, 2.24) is 0 Å². The minimum atomic E-state index is -0.349. The van der Waals surface area contributed by atoms with E-state index in [1.807, 2.05) is 6.92 Å². The molecule has 116 valence electrons. The number of nitrogens with one attached hydrogen (secondary N) is 1. The van der Waals surface area contributed by atoms with Gasteiger partial charge in [0.15, 0.2) is 0 Å². The second-order valence-electron chi connectivity index (χ2n) is 4.57. The summed E-state index contributed by atoms with van der Waals surface area (Å²) in [5.41, 5.74) is 0.824. The Morgan fingerprint density at radius 2 is 1.77 bits per heavy atom. The van der Waals surface area contributed by atoms with Crippen molar-refractivity contribution in [1.29, 1.82) is 0 Å². The van der Waals surface area contributed by atoms with E-state index >= 15 is 0 Å². The van der Waals surface area contributed by atoms with Crippen LogP contribution >= 0.6 is 34.8 Å². The molecule has 2 aromatic rings. The quantitative estimate of drug-likeness (QED) is 0.746. The highest BCUT2D eigenvalue weighted by Crippen LogP contribution is 2.28. The summed E-state index contributed by atoms with van der Waals surface area (Å²) in [5.74, 6) is 0.131. The number of halogens is 3. The highest BCUT2D eigenvalue weighted by Gasteiger charge is 2.15. The zero-order valence-electron chi connectivity index (χ0n) is 11.8. The lowest BCUT2D eigenvalue weighted by atomic mass is 10.1. The van der Waals surface area contributed by atoms with Gasteiger partial charge in [-0.3, -0.25) is 4.79 Å². The fraction of sp³-hybridized carbons (Fsp3) is 0.188. The number of benzene rings is 2. The maximum atomic E-state index is 12.4. The van der Waals surface area contributed by atoms with Crippen LogP contribution in [0.2, 0.25) is 15.1 Å².